The van der Waals surface area contributed by atoms with Crippen LogP contribution in [-0.4, -0.2) is 35.0 Å². The summed E-state index contributed by atoms with van der Waals surface area (Å²) in [6.45, 7) is 1.90. The first-order chi connectivity index (χ1) is 5.57. The van der Waals surface area contributed by atoms with Gasteiger partial charge in [-0.25, -0.2) is 4.79 Å². The van der Waals surface area contributed by atoms with E-state index in [1.165, 1.54) is 4.90 Å². The van der Waals surface area contributed by atoms with Crippen LogP contribution in [0.25, 0.3) is 0 Å². The van der Waals surface area contributed by atoms with Crippen molar-refractivity contribution in [1.82, 2.24) is 4.90 Å². The molecule has 1 fully saturated rings. The van der Waals surface area contributed by atoms with Gasteiger partial charge in [0.2, 0.25) is 5.91 Å². The van der Waals surface area contributed by atoms with Crippen LogP contribution in [0.3, 0.4) is 0 Å². The molecule has 0 aromatic carbocycles. The van der Waals surface area contributed by atoms with Gasteiger partial charge in [0.1, 0.15) is 6.04 Å². The zero-order chi connectivity index (χ0) is 9.30. The molecule has 1 amide bonds. The summed E-state index contributed by atoms with van der Waals surface area (Å²) in [5.74, 6) is -1.03. The van der Waals surface area contributed by atoms with Gasteiger partial charge in [0, 0.05) is 13.0 Å². The van der Waals surface area contributed by atoms with Crippen molar-refractivity contribution in [2.75, 3.05) is 7.05 Å². The van der Waals surface area contributed by atoms with Crippen molar-refractivity contribution < 1.29 is 14.7 Å². The number of nitrogens with zero attached hydrogens (tertiary/aromatic N) is 1. The van der Waals surface area contributed by atoms with Gasteiger partial charge in [0.25, 0.3) is 0 Å². The molecule has 0 spiro atoms. The molecule has 0 aromatic rings. The third-order valence-corrected chi connectivity index (χ3v) is 2.45. The Kier molecular flexibility index (Phi) is 2.35. The maximum atomic E-state index is 11.3. The molecule has 12 heavy (non-hydrogen) atoms. The highest BCUT2D eigenvalue weighted by Gasteiger charge is 2.39. The lowest BCUT2D eigenvalue weighted by Crippen LogP contribution is -2.35. The molecule has 0 aliphatic carbocycles. The Morgan fingerprint density at radius 3 is 2.58 bits per heavy atom. The molecule has 1 heterocycles. The average molecular weight is 171 g/mol. The first-order valence-electron chi connectivity index (χ1n) is 4.07. The monoisotopic (exact) mass is 171 g/mol. The largest absolute Gasteiger partial charge is 0.480 e. The summed E-state index contributed by atoms with van der Waals surface area (Å²) in [4.78, 5) is 23.3. The number of carbonyl (C=O) groups is 2. The van der Waals surface area contributed by atoms with E-state index in [4.69, 9.17) is 5.11 Å². The summed E-state index contributed by atoms with van der Waals surface area (Å²) in [6.07, 6.45) is 1.19. The lowest BCUT2D eigenvalue weighted by molar-refractivity contribution is -0.145. The molecule has 1 N–H and O–H groups in total. The van der Waals surface area contributed by atoms with Crippen LogP contribution in [-0.2, 0) is 9.59 Å². The van der Waals surface area contributed by atoms with Crippen molar-refractivity contribution in [2.24, 2.45) is 5.92 Å². The Labute approximate surface area is 71.2 Å². The Morgan fingerprint density at radius 1 is 1.75 bits per heavy atom. The minimum Gasteiger partial charge on any atom is -0.480 e. The number of rotatable bonds is 2. The first-order valence-corrected chi connectivity index (χ1v) is 4.07. The molecule has 0 saturated carbocycles. The van der Waals surface area contributed by atoms with Gasteiger partial charge in [-0.3, -0.25) is 4.79 Å². The van der Waals surface area contributed by atoms with E-state index in [1.54, 1.807) is 7.05 Å². The van der Waals surface area contributed by atoms with E-state index in [9.17, 15) is 9.59 Å². The van der Waals surface area contributed by atoms with Gasteiger partial charge in [-0.2, -0.15) is 0 Å². The quantitative estimate of drug-likeness (QED) is 0.651. The molecular formula is C8H13NO3. The van der Waals surface area contributed by atoms with E-state index >= 15 is 0 Å². The zero-order valence-electron chi connectivity index (χ0n) is 7.28. The summed E-state index contributed by atoms with van der Waals surface area (Å²) in [7, 11) is 1.55. The Bertz CT molecular complexity index is 214. The number of carboxylic acid groups (broad SMARTS) is 1. The summed E-state index contributed by atoms with van der Waals surface area (Å²) in [5.41, 5.74) is 0. The number of likely N-dealkylation sites (N-methyl/N-ethyl adjacent to an activating group) is 1. The maximum Gasteiger partial charge on any atom is 0.326 e. The van der Waals surface area contributed by atoms with Gasteiger partial charge in [-0.1, -0.05) is 6.92 Å². The summed E-state index contributed by atoms with van der Waals surface area (Å²) in [6, 6.07) is -0.609. The SMILES string of the molecule is CCC1CC(C(=O)O)N(C)C1=O. The summed E-state index contributed by atoms with van der Waals surface area (Å²) in [5, 5.41) is 8.72. The molecule has 68 valence electrons. The van der Waals surface area contributed by atoms with Crippen LogP contribution in [0.1, 0.15) is 19.8 Å². The Balaban J connectivity index is 2.73. The Morgan fingerprint density at radius 2 is 2.33 bits per heavy atom. The van der Waals surface area contributed by atoms with Crippen molar-refractivity contribution in [3.05, 3.63) is 0 Å². The fourth-order valence-electron chi connectivity index (χ4n) is 1.58. The molecule has 0 aromatic heterocycles. The highest BCUT2D eigenvalue weighted by atomic mass is 16.4. The van der Waals surface area contributed by atoms with Crippen LogP contribution in [0, 0.1) is 5.92 Å². The zero-order valence-corrected chi connectivity index (χ0v) is 7.28. The van der Waals surface area contributed by atoms with Crippen LogP contribution in [0.2, 0.25) is 0 Å². The number of carbonyl (C=O) groups excluding carboxylic acids is 1. The first kappa shape index (κ1) is 9.03. The Hall–Kier alpha value is -1.06. The number of carboxylic acids is 1. The number of hydrogen-bond donors (Lipinski definition) is 1. The van der Waals surface area contributed by atoms with Gasteiger partial charge in [0.05, 0.1) is 0 Å². The molecule has 0 bridgehead atoms. The van der Waals surface area contributed by atoms with E-state index in [0.717, 1.165) is 6.42 Å². The van der Waals surface area contributed by atoms with E-state index in [1.807, 2.05) is 6.92 Å². The lowest BCUT2D eigenvalue weighted by atomic mass is 10.0. The van der Waals surface area contributed by atoms with Gasteiger partial charge < -0.3 is 10.0 Å². The van der Waals surface area contributed by atoms with Crippen molar-refractivity contribution in [1.29, 1.82) is 0 Å². The van der Waals surface area contributed by atoms with Crippen LogP contribution in [0.4, 0.5) is 0 Å². The highest BCUT2D eigenvalue weighted by Crippen LogP contribution is 2.25. The normalized spacial score (nSPS) is 29.5. The second kappa shape index (κ2) is 3.13. The van der Waals surface area contributed by atoms with Crippen LogP contribution in [0.15, 0.2) is 0 Å². The van der Waals surface area contributed by atoms with Crippen molar-refractivity contribution >= 4 is 11.9 Å². The molecule has 1 saturated heterocycles. The maximum absolute atomic E-state index is 11.3. The van der Waals surface area contributed by atoms with Gasteiger partial charge in [-0.15, -0.1) is 0 Å². The third kappa shape index (κ3) is 1.29. The number of aliphatic carboxylic acids is 1. The lowest BCUT2D eigenvalue weighted by Gasteiger charge is -2.14. The van der Waals surface area contributed by atoms with Crippen molar-refractivity contribution in [3.8, 4) is 0 Å². The second-order valence-corrected chi connectivity index (χ2v) is 3.14. The standard InChI is InChI=1S/C8H13NO3/c1-3-5-4-6(8(11)12)9(2)7(5)10/h5-6H,3-4H2,1-2H3,(H,11,12). The van der Waals surface area contributed by atoms with Crippen LogP contribution >= 0.6 is 0 Å². The van der Waals surface area contributed by atoms with Crippen molar-refractivity contribution in [3.63, 3.8) is 0 Å². The molecule has 0 radical (unpaired) electrons. The predicted octanol–water partition coefficient (Wildman–Crippen LogP) is 0.328. The van der Waals surface area contributed by atoms with Crippen LogP contribution < -0.4 is 0 Å². The van der Waals surface area contributed by atoms with Crippen LogP contribution in [0.5, 0.6) is 0 Å². The summed E-state index contributed by atoms with van der Waals surface area (Å²) < 4.78 is 0. The molecule has 1 aliphatic rings. The van der Waals surface area contributed by atoms with E-state index in [2.05, 4.69) is 0 Å². The second-order valence-electron chi connectivity index (χ2n) is 3.14. The molecule has 4 heteroatoms. The highest BCUT2D eigenvalue weighted by molar-refractivity contribution is 5.88. The third-order valence-electron chi connectivity index (χ3n) is 2.45. The fraction of sp³-hybridized carbons (Fsp3) is 0.750. The fourth-order valence-corrected chi connectivity index (χ4v) is 1.58. The molecule has 1 rings (SSSR count). The smallest absolute Gasteiger partial charge is 0.326 e. The van der Waals surface area contributed by atoms with Gasteiger partial charge >= 0.3 is 5.97 Å². The average Bonchev–Trinajstić information content (AvgIpc) is 2.30. The molecule has 4 nitrogen and oxygen atoms in total. The predicted molar refractivity (Wildman–Crippen MR) is 42.6 cm³/mol. The van der Waals surface area contributed by atoms with Gasteiger partial charge in [-0.05, 0) is 12.8 Å². The van der Waals surface area contributed by atoms with E-state index < -0.39 is 12.0 Å². The topological polar surface area (TPSA) is 57.6 Å². The summed E-state index contributed by atoms with van der Waals surface area (Å²) >= 11 is 0. The molecule has 2 atom stereocenters. The van der Waals surface area contributed by atoms with E-state index in [0.29, 0.717) is 6.42 Å². The number of amides is 1. The number of hydrogen-bond acceptors (Lipinski definition) is 2. The van der Waals surface area contributed by atoms with Gasteiger partial charge in [0.15, 0.2) is 0 Å². The van der Waals surface area contributed by atoms with Crippen molar-refractivity contribution in [2.45, 2.75) is 25.8 Å². The minimum absolute atomic E-state index is 0.0371. The minimum atomic E-state index is -0.901. The number of likely N-dealkylation sites (tertiary alicyclic amines) is 1. The van der Waals surface area contributed by atoms with E-state index in [-0.39, 0.29) is 11.8 Å². The molecule has 1 aliphatic heterocycles. The molecular weight excluding hydrogens is 158 g/mol. The molecule has 2 unspecified atom stereocenters.